The molecule has 0 atom stereocenters. The van der Waals surface area contributed by atoms with E-state index in [1.54, 1.807) is 6.26 Å². The van der Waals surface area contributed by atoms with Crippen molar-refractivity contribution in [2.24, 2.45) is 0 Å². The number of amides is 1. The Morgan fingerprint density at radius 3 is 2.68 bits per heavy atom. The van der Waals surface area contributed by atoms with Gasteiger partial charge in [-0.05, 0) is 61.7 Å². The Morgan fingerprint density at radius 2 is 1.93 bits per heavy atom. The van der Waals surface area contributed by atoms with E-state index in [1.165, 1.54) is 11.1 Å². The van der Waals surface area contributed by atoms with Gasteiger partial charge in [0.15, 0.2) is 0 Å². The van der Waals surface area contributed by atoms with Crippen molar-refractivity contribution in [3.05, 3.63) is 83.1 Å². The van der Waals surface area contributed by atoms with E-state index in [-0.39, 0.29) is 12.3 Å². The molecule has 0 bridgehead atoms. The van der Waals surface area contributed by atoms with E-state index >= 15 is 0 Å². The predicted octanol–water partition coefficient (Wildman–Crippen LogP) is 4.38. The number of benzene rings is 1. The summed E-state index contributed by atoms with van der Waals surface area (Å²) in [6.45, 7) is 6.60. The smallest absolute Gasteiger partial charge is 0.226 e. The van der Waals surface area contributed by atoms with Crippen molar-refractivity contribution < 1.29 is 9.21 Å². The number of hydrogen-bond donors (Lipinski definition) is 1. The van der Waals surface area contributed by atoms with Crippen LogP contribution in [0.4, 0.5) is 0 Å². The molecular formula is C23H23N3O2. The minimum absolute atomic E-state index is 0.0650. The molecule has 3 aromatic heterocycles. The minimum Gasteiger partial charge on any atom is -0.467 e. The Bertz CT molecular complexity index is 1140. The van der Waals surface area contributed by atoms with Crippen molar-refractivity contribution in [3.63, 3.8) is 0 Å². The van der Waals surface area contributed by atoms with Gasteiger partial charge in [0.05, 0.1) is 30.6 Å². The third-order valence-electron chi connectivity index (χ3n) is 5.09. The molecule has 3 heterocycles. The first-order valence-corrected chi connectivity index (χ1v) is 9.36. The molecule has 0 fully saturated rings. The monoisotopic (exact) mass is 373 g/mol. The summed E-state index contributed by atoms with van der Waals surface area (Å²) in [5.74, 6) is 0.668. The van der Waals surface area contributed by atoms with Gasteiger partial charge in [0.1, 0.15) is 11.4 Å². The molecule has 0 aliphatic rings. The lowest BCUT2D eigenvalue weighted by Crippen LogP contribution is -2.25. The number of rotatable bonds is 5. The average molecular weight is 373 g/mol. The Labute approximate surface area is 164 Å². The van der Waals surface area contributed by atoms with Crippen molar-refractivity contribution in [1.82, 2.24) is 14.7 Å². The van der Waals surface area contributed by atoms with E-state index in [4.69, 9.17) is 9.40 Å². The Kier molecular flexibility index (Phi) is 4.74. The van der Waals surface area contributed by atoms with Crippen LogP contribution in [-0.2, 0) is 17.8 Å². The number of pyridine rings is 1. The number of nitrogens with one attached hydrogen (secondary N) is 1. The number of imidazole rings is 1. The van der Waals surface area contributed by atoms with Crippen molar-refractivity contribution in [2.45, 2.75) is 33.7 Å². The van der Waals surface area contributed by atoms with Crippen LogP contribution in [0, 0.1) is 20.8 Å². The summed E-state index contributed by atoms with van der Waals surface area (Å²) in [7, 11) is 0. The maximum atomic E-state index is 12.6. The summed E-state index contributed by atoms with van der Waals surface area (Å²) in [5, 5.41) is 2.93. The fraction of sp³-hybridized carbons (Fsp3) is 0.217. The van der Waals surface area contributed by atoms with Crippen molar-refractivity contribution >= 4 is 11.6 Å². The van der Waals surface area contributed by atoms with Gasteiger partial charge >= 0.3 is 0 Å². The predicted molar refractivity (Wildman–Crippen MR) is 109 cm³/mol. The molecule has 1 aromatic carbocycles. The number of hydrogen-bond acceptors (Lipinski definition) is 3. The van der Waals surface area contributed by atoms with E-state index in [2.05, 4.69) is 37.4 Å². The zero-order valence-corrected chi connectivity index (χ0v) is 16.3. The summed E-state index contributed by atoms with van der Waals surface area (Å²) in [5.41, 5.74) is 7.17. The highest BCUT2D eigenvalue weighted by atomic mass is 16.3. The first-order valence-electron chi connectivity index (χ1n) is 9.36. The van der Waals surface area contributed by atoms with Crippen LogP contribution in [-0.4, -0.2) is 15.3 Å². The molecule has 0 saturated carbocycles. The zero-order chi connectivity index (χ0) is 19.7. The third kappa shape index (κ3) is 3.43. The molecule has 4 rings (SSSR count). The Hall–Kier alpha value is -3.34. The van der Waals surface area contributed by atoms with Gasteiger partial charge in [-0.3, -0.25) is 4.79 Å². The van der Waals surface area contributed by atoms with Crippen LogP contribution in [0.1, 0.15) is 28.1 Å². The number of furan rings is 1. The second-order valence-electron chi connectivity index (χ2n) is 7.12. The van der Waals surface area contributed by atoms with Gasteiger partial charge in [-0.25, -0.2) is 4.98 Å². The first-order chi connectivity index (χ1) is 13.5. The molecule has 28 heavy (non-hydrogen) atoms. The topological polar surface area (TPSA) is 59.5 Å². The lowest BCUT2D eigenvalue weighted by molar-refractivity contribution is -0.120. The summed E-state index contributed by atoms with van der Waals surface area (Å²) < 4.78 is 7.31. The fourth-order valence-electron chi connectivity index (χ4n) is 3.36. The lowest BCUT2D eigenvalue weighted by Gasteiger charge is -2.08. The molecule has 142 valence electrons. The molecule has 1 N–H and O–H groups in total. The molecular weight excluding hydrogens is 350 g/mol. The summed E-state index contributed by atoms with van der Waals surface area (Å²) in [4.78, 5) is 17.5. The van der Waals surface area contributed by atoms with Crippen molar-refractivity contribution in [1.29, 1.82) is 0 Å². The Morgan fingerprint density at radius 1 is 1.07 bits per heavy atom. The number of fused-ring (bicyclic) bond motifs is 1. The van der Waals surface area contributed by atoms with Crippen LogP contribution in [0.2, 0.25) is 0 Å². The normalized spacial score (nSPS) is 11.1. The molecule has 1 amide bonds. The highest BCUT2D eigenvalue weighted by Gasteiger charge is 2.18. The van der Waals surface area contributed by atoms with Gasteiger partial charge in [-0.1, -0.05) is 18.2 Å². The van der Waals surface area contributed by atoms with E-state index in [0.29, 0.717) is 6.54 Å². The largest absolute Gasteiger partial charge is 0.467 e. The standard InChI is InChI=1S/C23H23N3O2/c1-15-8-9-18(12-17(15)3)22-20(26-10-4-6-16(2)23(26)25-22)13-21(27)24-14-19-7-5-11-28-19/h4-12H,13-14H2,1-3H3,(H,24,27). The van der Waals surface area contributed by atoms with Crippen molar-refractivity contribution in [2.75, 3.05) is 0 Å². The lowest BCUT2D eigenvalue weighted by atomic mass is 10.0. The molecule has 5 heteroatoms. The van der Waals surface area contributed by atoms with Crippen LogP contribution in [0.15, 0.2) is 59.3 Å². The van der Waals surface area contributed by atoms with Crippen LogP contribution >= 0.6 is 0 Å². The van der Waals surface area contributed by atoms with Crippen molar-refractivity contribution in [3.8, 4) is 11.3 Å². The fourth-order valence-corrected chi connectivity index (χ4v) is 3.36. The van der Waals surface area contributed by atoms with Crippen LogP contribution in [0.25, 0.3) is 16.9 Å². The van der Waals surface area contributed by atoms with Gasteiger partial charge in [-0.15, -0.1) is 0 Å². The summed E-state index contributed by atoms with van der Waals surface area (Å²) >= 11 is 0. The number of aromatic nitrogens is 2. The van der Waals surface area contributed by atoms with E-state index < -0.39 is 0 Å². The molecule has 0 radical (unpaired) electrons. The van der Waals surface area contributed by atoms with Gasteiger partial charge in [-0.2, -0.15) is 0 Å². The zero-order valence-electron chi connectivity index (χ0n) is 16.3. The van der Waals surface area contributed by atoms with E-state index in [9.17, 15) is 4.79 Å². The number of aryl methyl sites for hydroxylation is 3. The van der Waals surface area contributed by atoms with Gasteiger partial charge < -0.3 is 14.1 Å². The second kappa shape index (κ2) is 7.35. The summed E-state index contributed by atoms with van der Waals surface area (Å²) in [6.07, 6.45) is 3.81. The highest BCUT2D eigenvalue weighted by Crippen LogP contribution is 2.28. The molecule has 0 saturated heterocycles. The maximum absolute atomic E-state index is 12.6. The SMILES string of the molecule is Cc1ccc(-c2nc3c(C)cccn3c2CC(=O)NCc2ccco2)cc1C. The van der Waals surface area contributed by atoms with E-state index in [0.717, 1.165) is 33.9 Å². The molecule has 0 aliphatic heterocycles. The highest BCUT2D eigenvalue weighted by molar-refractivity contribution is 5.82. The Balaban J connectivity index is 1.71. The number of nitrogens with zero attached hydrogens (tertiary/aromatic N) is 2. The number of carbonyl (C=O) groups is 1. The average Bonchev–Trinajstić information content (AvgIpc) is 3.32. The molecule has 0 aliphatic carbocycles. The molecule has 4 aromatic rings. The minimum atomic E-state index is -0.0650. The quantitative estimate of drug-likeness (QED) is 0.565. The molecule has 5 nitrogen and oxygen atoms in total. The van der Waals surface area contributed by atoms with Gasteiger partial charge in [0.25, 0.3) is 0 Å². The van der Waals surface area contributed by atoms with Gasteiger partial charge in [0.2, 0.25) is 5.91 Å². The van der Waals surface area contributed by atoms with E-state index in [1.807, 2.05) is 41.8 Å². The first kappa shape index (κ1) is 18.0. The van der Waals surface area contributed by atoms with Crippen LogP contribution in [0.5, 0.6) is 0 Å². The molecule has 0 unspecified atom stereocenters. The second-order valence-corrected chi connectivity index (χ2v) is 7.12. The van der Waals surface area contributed by atoms with Crippen LogP contribution in [0.3, 0.4) is 0 Å². The molecule has 0 spiro atoms. The summed E-state index contributed by atoms with van der Waals surface area (Å²) in [6, 6.07) is 14.0. The van der Waals surface area contributed by atoms with Gasteiger partial charge in [0, 0.05) is 11.8 Å². The third-order valence-corrected chi connectivity index (χ3v) is 5.09. The number of carbonyl (C=O) groups excluding carboxylic acids is 1. The maximum Gasteiger partial charge on any atom is 0.226 e. The van der Waals surface area contributed by atoms with Crippen LogP contribution < -0.4 is 5.32 Å².